The van der Waals surface area contributed by atoms with Crippen LogP contribution in [0.5, 0.6) is 0 Å². The number of fused-ring (bicyclic) bond motifs is 1. The minimum Gasteiger partial charge on any atom is -0.359 e. The molecule has 4 aromatic heterocycles. The molecule has 1 unspecified atom stereocenters. The summed E-state index contributed by atoms with van der Waals surface area (Å²) in [6.07, 6.45) is 8.01. The van der Waals surface area contributed by atoms with Crippen molar-refractivity contribution in [2.75, 3.05) is 19.6 Å². The molecule has 4 aromatic rings. The highest BCUT2D eigenvalue weighted by Gasteiger charge is 2.35. The number of hydrogen-bond acceptors (Lipinski definition) is 7. The molecule has 0 bridgehead atoms. The third-order valence-electron chi connectivity index (χ3n) is 5.83. The van der Waals surface area contributed by atoms with Crippen LogP contribution < -0.4 is 0 Å². The van der Waals surface area contributed by atoms with E-state index in [0.717, 1.165) is 4.88 Å². The topological polar surface area (TPSA) is 112 Å². The van der Waals surface area contributed by atoms with E-state index in [1.165, 1.54) is 16.2 Å². The minimum absolute atomic E-state index is 0.217. The molecule has 5 rings (SSSR count). The summed E-state index contributed by atoms with van der Waals surface area (Å²) in [7, 11) is 0. The number of nitrogens with one attached hydrogen (secondary N) is 1. The lowest BCUT2D eigenvalue weighted by Crippen LogP contribution is -2.57. The molecule has 0 spiro atoms. The van der Waals surface area contributed by atoms with Crippen molar-refractivity contribution in [1.29, 1.82) is 0 Å². The highest BCUT2D eigenvalue weighted by molar-refractivity contribution is 7.13. The molecular formula is C24H20N6O3S. The van der Waals surface area contributed by atoms with Crippen LogP contribution in [0.1, 0.15) is 20.8 Å². The van der Waals surface area contributed by atoms with Crippen molar-refractivity contribution >= 4 is 39.8 Å². The third kappa shape index (κ3) is 3.77. The first-order valence-corrected chi connectivity index (χ1v) is 11.5. The highest BCUT2D eigenvalue weighted by atomic mass is 32.1. The van der Waals surface area contributed by atoms with Crippen LogP contribution >= 0.6 is 11.3 Å². The van der Waals surface area contributed by atoms with Crippen LogP contribution in [-0.4, -0.2) is 73.0 Å². The molecule has 1 aliphatic heterocycles. The number of nitrogens with zero attached hydrogens (tertiary/aromatic N) is 5. The van der Waals surface area contributed by atoms with E-state index in [1.54, 1.807) is 65.5 Å². The number of carbonyl (C=O) groups is 3. The van der Waals surface area contributed by atoms with Crippen LogP contribution in [0.25, 0.3) is 21.5 Å². The quantitative estimate of drug-likeness (QED) is 0.272. The van der Waals surface area contributed by atoms with E-state index in [0.29, 0.717) is 28.8 Å². The second-order valence-electron chi connectivity index (χ2n) is 7.75. The Morgan fingerprint density at radius 2 is 2.03 bits per heavy atom. The largest absolute Gasteiger partial charge is 0.359 e. The lowest BCUT2D eigenvalue weighted by molar-refractivity contribution is -0.129. The fourth-order valence-electron chi connectivity index (χ4n) is 4.11. The van der Waals surface area contributed by atoms with E-state index in [1.807, 2.05) is 0 Å². The fourth-order valence-corrected chi connectivity index (χ4v) is 4.73. The molecule has 0 radical (unpaired) electrons. The monoisotopic (exact) mass is 472 g/mol. The number of rotatable bonds is 5. The maximum absolute atomic E-state index is 13.2. The summed E-state index contributed by atoms with van der Waals surface area (Å²) in [4.78, 5) is 58.9. The van der Waals surface area contributed by atoms with Gasteiger partial charge in [0.05, 0.1) is 27.5 Å². The molecule has 34 heavy (non-hydrogen) atoms. The fraction of sp³-hybridized carbons (Fsp3) is 0.167. The molecule has 0 saturated carbocycles. The van der Waals surface area contributed by atoms with E-state index >= 15 is 0 Å². The van der Waals surface area contributed by atoms with Crippen molar-refractivity contribution in [3.8, 4) is 10.6 Å². The first kappa shape index (κ1) is 21.7. The zero-order valence-electron chi connectivity index (χ0n) is 18.0. The number of aromatic amines is 1. The number of amides is 2. The molecule has 2 amide bonds. The molecule has 170 valence electrons. The second-order valence-corrected chi connectivity index (χ2v) is 8.63. The number of H-pyrrole nitrogens is 1. The van der Waals surface area contributed by atoms with Crippen LogP contribution in [0.4, 0.5) is 0 Å². The standard InChI is InChI=1S/C24H20N6O3S/c1-2-15-13-29(23(32)18-5-3-4-7-26-18)9-10-30(15)24(33)22(31)17-11-28-20-16(17)6-8-27-21(20)19-12-25-14-34-19/h2-8,11-12,14-15,28H,1,9-10,13H2. The van der Waals surface area contributed by atoms with Crippen LogP contribution in [0.2, 0.25) is 0 Å². The summed E-state index contributed by atoms with van der Waals surface area (Å²) < 4.78 is 0. The molecule has 1 fully saturated rings. The Labute approximate surface area is 198 Å². The van der Waals surface area contributed by atoms with Crippen molar-refractivity contribution in [2.45, 2.75) is 6.04 Å². The normalized spacial score (nSPS) is 15.9. The van der Waals surface area contributed by atoms with Gasteiger partial charge < -0.3 is 14.8 Å². The number of Topliss-reactive ketones (excluding diaryl/α,β-unsaturated/α-hetero) is 1. The van der Waals surface area contributed by atoms with Crippen LogP contribution in [-0.2, 0) is 4.79 Å². The van der Waals surface area contributed by atoms with E-state index in [4.69, 9.17) is 0 Å². The van der Waals surface area contributed by atoms with Crippen molar-refractivity contribution in [2.24, 2.45) is 0 Å². The Morgan fingerprint density at radius 3 is 2.76 bits per heavy atom. The first-order chi connectivity index (χ1) is 16.6. The number of hydrogen-bond donors (Lipinski definition) is 1. The van der Waals surface area contributed by atoms with E-state index in [2.05, 4.69) is 26.5 Å². The van der Waals surface area contributed by atoms with Crippen molar-refractivity contribution in [3.63, 3.8) is 0 Å². The summed E-state index contributed by atoms with van der Waals surface area (Å²) in [6.45, 7) is 4.57. The molecule has 9 nitrogen and oxygen atoms in total. The molecule has 1 saturated heterocycles. The summed E-state index contributed by atoms with van der Waals surface area (Å²) in [5.41, 5.74) is 3.68. The van der Waals surface area contributed by atoms with Gasteiger partial charge in [-0.15, -0.1) is 17.9 Å². The molecule has 1 aliphatic rings. The van der Waals surface area contributed by atoms with Gasteiger partial charge in [0.25, 0.3) is 17.6 Å². The smallest absolute Gasteiger partial charge is 0.295 e. The van der Waals surface area contributed by atoms with Gasteiger partial charge in [-0.3, -0.25) is 29.3 Å². The maximum atomic E-state index is 13.2. The van der Waals surface area contributed by atoms with Gasteiger partial charge in [-0.2, -0.15) is 0 Å². The summed E-state index contributed by atoms with van der Waals surface area (Å²) in [5, 5.41) is 0.621. The van der Waals surface area contributed by atoms with Crippen molar-refractivity contribution < 1.29 is 14.4 Å². The third-order valence-corrected chi connectivity index (χ3v) is 6.61. The Kier molecular flexibility index (Phi) is 5.72. The van der Waals surface area contributed by atoms with Crippen LogP contribution in [0.15, 0.2) is 67.2 Å². The Balaban J connectivity index is 1.37. The molecule has 0 aromatic carbocycles. The van der Waals surface area contributed by atoms with E-state index in [9.17, 15) is 14.4 Å². The molecule has 1 atom stereocenters. The Bertz CT molecular complexity index is 1380. The predicted molar refractivity (Wildman–Crippen MR) is 127 cm³/mol. The first-order valence-electron chi connectivity index (χ1n) is 10.6. The van der Waals surface area contributed by atoms with Gasteiger partial charge >= 0.3 is 0 Å². The van der Waals surface area contributed by atoms with Gasteiger partial charge in [0.15, 0.2) is 0 Å². The number of carbonyl (C=O) groups excluding carboxylic acids is 3. The Hall–Kier alpha value is -4.18. The molecule has 1 N–H and O–H groups in total. The molecule has 10 heteroatoms. The van der Waals surface area contributed by atoms with Gasteiger partial charge in [-0.25, -0.2) is 0 Å². The molecular weight excluding hydrogens is 452 g/mol. The van der Waals surface area contributed by atoms with Crippen LogP contribution in [0.3, 0.4) is 0 Å². The number of ketones is 1. The average Bonchev–Trinajstić information content (AvgIpc) is 3.58. The van der Waals surface area contributed by atoms with E-state index in [-0.39, 0.29) is 24.6 Å². The zero-order chi connectivity index (χ0) is 23.7. The number of aromatic nitrogens is 4. The van der Waals surface area contributed by atoms with E-state index < -0.39 is 17.7 Å². The summed E-state index contributed by atoms with van der Waals surface area (Å²) in [5.74, 6) is -1.47. The zero-order valence-corrected chi connectivity index (χ0v) is 18.9. The number of pyridine rings is 2. The van der Waals surface area contributed by atoms with Gasteiger partial charge in [-0.05, 0) is 18.2 Å². The molecule has 0 aliphatic carbocycles. The lowest BCUT2D eigenvalue weighted by Gasteiger charge is -2.39. The highest BCUT2D eigenvalue weighted by Crippen LogP contribution is 2.30. The molecule has 5 heterocycles. The van der Waals surface area contributed by atoms with Crippen LogP contribution in [0, 0.1) is 0 Å². The van der Waals surface area contributed by atoms with Gasteiger partial charge in [0.1, 0.15) is 11.4 Å². The SMILES string of the molecule is C=CC1CN(C(=O)c2ccccn2)CCN1C(=O)C(=O)c1c[nH]c2c(-c3cncs3)nccc12. The summed E-state index contributed by atoms with van der Waals surface area (Å²) >= 11 is 1.44. The average molecular weight is 473 g/mol. The Morgan fingerprint density at radius 1 is 1.15 bits per heavy atom. The van der Waals surface area contributed by atoms with Crippen molar-refractivity contribution in [3.05, 3.63) is 78.5 Å². The van der Waals surface area contributed by atoms with Gasteiger partial charge in [-0.1, -0.05) is 12.1 Å². The summed E-state index contributed by atoms with van der Waals surface area (Å²) in [6, 6.07) is 6.37. The second kappa shape index (κ2) is 8.99. The van der Waals surface area contributed by atoms with Gasteiger partial charge in [0, 0.05) is 49.8 Å². The maximum Gasteiger partial charge on any atom is 0.295 e. The number of piperazine rings is 1. The lowest BCUT2D eigenvalue weighted by atomic mass is 10.1. The predicted octanol–water partition coefficient (Wildman–Crippen LogP) is 2.80. The van der Waals surface area contributed by atoms with Gasteiger partial charge in [0.2, 0.25) is 0 Å². The number of thiazole rings is 1. The minimum atomic E-state index is -0.633. The van der Waals surface area contributed by atoms with Crippen molar-refractivity contribution in [1.82, 2.24) is 29.7 Å².